The molecule has 1 heterocycles. The fraction of sp³-hybridized carbons (Fsp3) is 0.583. The van der Waals surface area contributed by atoms with Gasteiger partial charge >= 0.3 is 0 Å². The standard InChI is InChI=1S/C12H19FN2O2/c1-8(11-6-5-10(13)7-14-11)15-9(2)12(16-3)17-4/h5-9,12,15H,1-4H3. The first kappa shape index (κ1) is 14.0. The number of halogens is 1. The van der Waals surface area contributed by atoms with E-state index in [2.05, 4.69) is 10.3 Å². The van der Waals surface area contributed by atoms with E-state index >= 15 is 0 Å². The number of hydrogen-bond donors (Lipinski definition) is 1. The lowest BCUT2D eigenvalue weighted by Gasteiger charge is -2.25. The maximum Gasteiger partial charge on any atom is 0.171 e. The van der Waals surface area contributed by atoms with E-state index in [1.54, 1.807) is 20.3 Å². The van der Waals surface area contributed by atoms with Gasteiger partial charge in [0.15, 0.2) is 6.29 Å². The molecule has 0 saturated carbocycles. The average molecular weight is 242 g/mol. The molecule has 0 aliphatic carbocycles. The van der Waals surface area contributed by atoms with Crippen LogP contribution < -0.4 is 5.32 Å². The quantitative estimate of drug-likeness (QED) is 0.773. The number of nitrogens with zero attached hydrogens (tertiary/aromatic N) is 1. The Bertz CT molecular complexity index is 328. The number of aromatic nitrogens is 1. The highest BCUT2D eigenvalue weighted by atomic mass is 19.1. The van der Waals surface area contributed by atoms with Crippen LogP contribution in [0.25, 0.3) is 0 Å². The number of nitrogens with one attached hydrogen (secondary N) is 1. The zero-order chi connectivity index (χ0) is 12.8. The van der Waals surface area contributed by atoms with Gasteiger partial charge in [0.2, 0.25) is 0 Å². The predicted molar refractivity (Wildman–Crippen MR) is 63.0 cm³/mol. The first-order valence-electron chi connectivity index (χ1n) is 5.51. The zero-order valence-corrected chi connectivity index (χ0v) is 10.6. The van der Waals surface area contributed by atoms with Crippen molar-refractivity contribution in [2.45, 2.75) is 32.2 Å². The van der Waals surface area contributed by atoms with E-state index in [-0.39, 0.29) is 24.2 Å². The van der Waals surface area contributed by atoms with E-state index in [9.17, 15) is 4.39 Å². The minimum atomic E-state index is -0.333. The number of hydrogen-bond acceptors (Lipinski definition) is 4. The summed E-state index contributed by atoms with van der Waals surface area (Å²) in [7, 11) is 3.18. The summed E-state index contributed by atoms with van der Waals surface area (Å²) >= 11 is 0. The third-order valence-corrected chi connectivity index (χ3v) is 2.58. The minimum absolute atomic E-state index is 0.00148. The maximum absolute atomic E-state index is 12.7. The molecule has 1 aromatic rings. The van der Waals surface area contributed by atoms with E-state index in [0.29, 0.717) is 0 Å². The van der Waals surface area contributed by atoms with Gasteiger partial charge in [-0.15, -0.1) is 0 Å². The number of rotatable bonds is 6. The zero-order valence-electron chi connectivity index (χ0n) is 10.6. The van der Waals surface area contributed by atoms with Crippen LogP contribution in [0.2, 0.25) is 0 Å². The van der Waals surface area contributed by atoms with Gasteiger partial charge in [0.1, 0.15) is 5.82 Å². The molecular weight excluding hydrogens is 223 g/mol. The molecule has 0 amide bonds. The Labute approximate surface area is 101 Å². The molecule has 0 radical (unpaired) electrons. The fourth-order valence-electron chi connectivity index (χ4n) is 1.71. The first-order chi connectivity index (χ1) is 8.08. The summed E-state index contributed by atoms with van der Waals surface area (Å²) in [6, 6.07) is 3.06. The van der Waals surface area contributed by atoms with Gasteiger partial charge in [0, 0.05) is 20.3 Å². The Morgan fingerprint density at radius 1 is 1.24 bits per heavy atom. The van der Waals surface area contributed by atoms with E-state index in [4.69, 9.17) is 9.47 Å². The van der Waals surface area contributed by atoms with E-state index in [1.165, 1.54) is 12.3 Å². The van der Waals surface area contributed by atoms with Crippen molar-refractivity contribution in [3.63, 3.8) is 0 Å². The number of ether oxygens (including phenoxy) is 2. The van der Waals surface area contributed by atoms with Crippen molar-refractivity contribution < 1.29 is 13.9 Å². The van der Waals surface area contributed by atoms with Crippen LogP contribution in [0.4, 0.5) is 4.39 Å². The van der Waals surface area contributed by atoms with Crippen LogP contribution in [-0.2, 0) is 9.47 Å². The Morgan fingerprint density at radius 2 is 1.88 bits per heavy atom. The molecule has 1 N–H and O–H groups in total. The highest BCUT2D eigenvalue weighted by Gasteiger charge is 2.18. The van der Waals surface area contributed by atoms with Gasteiger partial charge in [-0.3, -0.25) is 4.98 Å². The van der Waals surface area contributed by atoms with Crippen LogP contribution in [0, 0.1) is 5.82 Å². The molecule has 0 aromatic carbocycles. The van der Waals surface area contributed by atoms with Crippen LogP contribution in [0.15, 0.2) is 18.3 Å². The highest BCUT2D eigenvalue weighted by molar-refractivity contribution is 5.09. The molecule has 0 bridgehead atoms. The molecule has 2 unspecified atom stereocenters. The van der Waals surface area contributed by atoms with Crippen molar-refractivity contribution in [1.82, 2.24) is 10.3 Å². The molecule has 0 aliphatic rings. The third kappa shape index (κ3) is 4.03. The largest absolute Gasteiger partial charge is 0.354 e. The Kier molecular flexibility index (Phi) is 5.47. The summed E-state index contributed by atoms with van der Waals surface area (Å²) < 4.78 is 23.0. The normalized spacial score (nSPS) is 14.9. The SMILES string of the molecule is COC(OC)C(C)NC(C)c1ccc(F)cn1. The molecular formula is C12H19FN2O2. The molecule has 2 atom stereocenters. The third-order valence-electron chi connectivity index (χ3n) is 2.58. The van der Waals surface area contributed by atoms with Gasteiger partial charge in [-0.2, -0.15) is 0 Å². The molecule has 0 aliphatic heterocycles. The lowest BCUT2D eigenvalue weighted by atomic mass is 10.2. The molecule has 1 aromatic heterocycles. The van der Waals surface area contributed by atoms with Crippen molar-refractivity contribution in [2.24, 2.45) is 0 Å². The summed E-state index contributed by atoms with van der Waals surface area (Å²) in [5.74, 6) is -0.333. The summed E-state index contributed by atoms with van der Waals surface area (Å²) in [6.45, 7) is 3.91. The van der Waals surface area contributed by atoms with Crippen molar-refractivity contribution in [2.75, 3.05) is 14.2 Å². The van der Waals surface area contributed by atoms with Gasteiger partial charge in [-0.25, -0.2) is 4.39 Å². The van der Waals surface area contributed by atoms with E-state index < -0.39 is 0 Å². The highest BCUT2D eigenvalue weighted by Crippen LogP contribution is 2.12. The van der Waals surface area contributed by atoms with Crippen LogP contribution in [0.3, 0.4) is 0 Å². The molecule has 96 valence electrons. The predicted octanol–water partition coefficient (Wildman–Crippen LogP) is 1.88. The summed E-state index contributed by atoms with van der Waals surface area (Å²) in [5, 5.41) is 3.28. The van der Waals surface area contributed by atoms with Crippen molar-refractivity contribution >= 4 is 0 Å². The second-order valence-electron chi connectivity index (χ2n) is 3.92. The topological polar surface area (TPSA) is 43.4 Å². The van der Waals surface area contributed by atoms with Gasteiger partial charge in [-0.1, -0.05) is 0 Å². The average Bonchev–Trinajstić information content (AvgIpc) is 2.31. The molecule has 0 saturated heterocycles. The molecule has 1 rings (SSSR count). The lowest BCUT2D eigenvalue weighted by molar-refractivity contribution is -0.120. The summed E-state index contributed by atoms with van der Waals surface area (Å²) in [6.07, 6.45) is 0.889. The Morgan fingerprint density at radius 3 is 2.35 bits per heavy atom. The monoisotopic (exact) mass is 242 g/mol. The Hall–Kier alpha value is -1.04. The summed E-state index contributed by atoms with van der Waals surface area (Å²) in [4.78, 5) is 4.02. The van der Waals surface area contributed by atoms with Crippen LogP contribution in [0.1, 0.15) is 25.6 Å². The lowest BCUT2D eigenvalue weighted by Crippen LogP contribution is -2.41. The van der Waals surface area contributed by atoms with Crippen LogP contribution in [0.5, 0.6) is 0 Å². The number of methoxy groups -OCH3 is 2. The number of pyridine rings is 1. The fourth-order valence-corrected chi connectivity index (χ4v) is 1.71. The maximum atomic E-state index is 12.7. The van der Waals surface area contributed by atoms with Gasteiger partial charge in [0.25, 0.3) is 0 Å². The van der Waals surface area contributed by atoms with Crippen molar-refractivity contribution in [3.8, 4) is 0 Å². The molecule has 0 fully saturated rings. The van der Waals surface area contributed by atoms with E-state index in [1.807, 2.05) is 13.8 Å². The smallest absolute Gasteiger partial charge is 0.171 e. The molecule has 17 heavy (non-hydrogen) atoms. The van der Waals surface area contributed by atoms with Crippen LogP contribution >= 0.6 is 0 Å². The summed E-state index contributed by atoms with van der Waals surface area (Å²) in [5.41, 5.74) is 0.782. The van der Waals surface area contributed by atoms with Crippen molar-refractivity contribution in [1.29, 1.82) is 0 Å². The molecule has 0 spiro atoms. The minimum Gasteiger partial charge on any atom is -0.354 e. The molecule has 4 nitrogen and oxygen atoms in total. The second kappa shape index (κ2) is 6.64. The van der Waals surface area contributed by atoms with Gasteiger partial charge < -0.3 is 14.8 Å². The van der Waals surface area contributed by atoms with E-state index in [0.717, 1.165) is 5.69 Å². The molecule has 5 heteroatoms. The Balaban J connectivity index is 2.59. The second-order valence-corrected chi connectivity index (χ2v) is 3.92. The van der Waals surface area contributed by atoms with Crippen molar-refractivity contribution in [3.05, 3.63) is 29.8 Å². The van der Waals surface area contributed by atoms with Gasteiger partial charge in [0.05, 0.1) is 17.9 Å². The first-order valence-corrected chi connectivity index (χ1v) is 5.51. The van der Waals surface area contributed by atoms with Crippen LogP contribution in [-0.4, -0.2) is 31.5 Å². The van der Waals surface area contributed by atoms with Gasteiger partial charge in [-0.05, 0) is 26.0 Å².